The third kappa shape index (κ3) is 1.45. The van der Waals surface area contributed by atoms with Crippen LogP contribution in [0.3, 0.4) is 0 Å². The summed E-state index contributed by atoms with van der Waals surface area (Å²) >= 11 is 0.980. The molecule has 0 radical (unpaired) electrons. The summed E-state index contributed by atoms with van der Waals surface area (Å²) in [4.78, 5) is 22.1. The van der Waals surface area contributed by atoms with Crippen LogP contribution >= 0.6 is 11.3 Å². The van der Waals surface area contributed by atoms with Gasteiger partial charge in [0.25, 0.3) is 0 Å². The zero-order valence-corrected chi connectivity index (χ0v) is 10.4. The Kier molecular flexibility index (Phi) is 2.25. The van der Waals surface area contributed by atoms with Crippen molar-refractivity contribution in [1.29, 1.82) is 0 Å². The van der Waals surface area contributed by atoms with Gasteiger partial charge >= 0.3 is 10.9 Å². The minimum atomic E-state index is -0.875. The lowest BCUT2D eigenvalue weighted by molar-refractivity contribution is -0.140. The molecule has 1 aromatic heterocycles. The summed E-state index contributed by atoms with van der Waals surface area (Å²) in [6.07, 6.45) is 1.16. The number of hydrogen-bond donors (Lipinski definition) is 1. The maximum atomic E-state index is 11.3. The number of methoxy groups -OCH3 is 1. The maximum absolute atomic E-state index is 11.3. The van der Waals surface area contributed by atoms with Crippen LogP contribution < -0.4 is 9.68 Å². The van der Waals surface area contributed by atoms with Gasteiger partial charge in [0, 0.05) is 11.6 Å². The van der Waals surface area contributed by atoms with Crippen molar-refractivity contribution in [2.75, 3.05) is 7.11 Å². The van der Waals surface area contributed by atoms with Crippen molar-refractivity contribution in [2.24, 2.45) is 0 Å². The second kappa shape index (κ2) is 3.58. The predicted octanol–water partition coefficient (Wildman–Crippen LogP) is 1.98. The van der Waals surface area contributed by atoms with E-state index < -0.39 is 16.3 Å². The van der Waals surface area contributed by atoms with E-state index in [2.05, 4.69) is 0 Å². The molecule has 0 saturated heterocycles. The predicted molar refractivity (Wildman–Crippen MR) is 65.5 cm³/mol. The first-order valence-corrected chi connectivity index (χ1v) is 6.24. The highest BCUT2D eigenvalue weighted by Crippen LogP contribution is 2.52. The summed E-state index contributed by atoms with van der Waals surface area (Å²) in [7, 11) is 1.49. The lowest BCUT2D eigenvalue weighted by Crippen LogP contribution is -2.20. The van der Waals surface area contributed by atoms with Gasteiger partial charge in [-0.2, -0.15) is 0 Å². The van der Waals surface area contributed by atoms with E-state index in [9.17, 15) is 14.7 Å². The molecule has 0 unspecified atom stereocenters. The number of ether oxygens (including phenoxy) is 1. The van der Waals surface area contributed by atoms with E-state index in [-0.39, 0.29) is 0 Å². The lowest BCUT2D eigenvalue weighted by Gasteiger charge is -2.14. The van der Waals surface area contributed by atoms with Crippen molar-refractivity contribution >= 4 is 27.6 Å². The summed E-state index contributed by atoms with van der Waals surface area (Å²) in [5, 5.41) is 9.31. The standard InChI is InChI=1S/C12H10O5S/c1-16-7-5-9-8(17-11(15)18-9)4-6(7)12(2-3-12)10(13)14/h4-5H,2-3H2,1H3,(H,13,14). The molecule has 1 N–H and O–H groups in total. The molecule has 1 saturated carbocycles. The molecule has 0 amide bonds. The second-order valence-electron chi connectivity index (χ2n) is 4.34. The molecular weight excluding hydrogens is 256 g/mol. The van der Waals surface area contributed by atoms with Gasteiger partial charge in [0.1, 0.15) is 11.3 Å². The summed E-state index contributed by atoms with van der Waals surface area (Å²) < 4.78 is 10.9. The van der Waals surface area contributed by atoms with Gasteiger partial charge in [-0.1, -0.05) is 11.3 Å². The van der Waals surface area contributed by atoms with Crippen LogP contribution in [0.1, 0.15) is 18.4 Å². The van der Waals surface area contributed by atoms with Crippen molar-refractivity contribution in [3.8, 4) is 5.75 Å². The number of benzene rings is 1. The zero-order chi connectivity index (χ0) is 12.9. The minimum Gasteiger partial charge on any atom is -0.496 e. The Morgan fingerprint density at radius 3 is 2.78 bits per heavy atom. The molecule has 1 heterocycles. The SMILES string of the molecule is COc1cc2sc(=O)oc2cc1C1(C(=O)O)CC1. The normalized spacial score (nSPS) is 16.7. The van der Waals surface area contributed by atoms with Crippen LogP contribution in [0.5, 0.6) is 5.75 Å². The Morgan fingerprint density at radius 2 is 2.22 bits per heavy atom. The van der Waals surface area contributed by atoms with Crippen LogP contribution in [0.15, 0.2) is 21.3 Å². The fraction of sp³-hybridized carbons (Fsp3) is 0.333. The highest BCUT2D eigenvalue weighted by atomic mass is 32.1. The average molecular weight is 266 g/mol. The van der Waals surface area contributed by atoms with Crippen LogP contribution in [0, 0.1) is 0 Å². The number of aliphatic carboxylic acids is 1. The van der Waals surface area contributed by atoms with E-state index in [1.54, 1.807) is 12.1 Å². The summed E-state index contributed by atoms with van der Waals surface area (Å²) in [6, 6.07) is 3.29. The molecule has 1 aromatic carbocycles. The van der Waals surface area contributed by atoms with Gasteiger partial charge < -0.3 is 14.3 Å². The summed E-state index contributed by atoms with van der Waals surface area (Å²) in [5.74, 6) is -0.364. The Morgan fingerprint density at radius 1 is 1.50 bits per heavy atom. The molecule has 3 rings (SSSR count). The number of carboxylic acid groups (broad SMARTS) is 1. The highest BCUT2D eigenvalue weighted by molar-refractivity contribution is 7.16. The van der Waals surface area contributed by atoms with E-state index >= 15 is 0 Å². The van der Waals surface area contributed by atoms with Gasteiger partial charge in [0.2, 0.25) is 0 Å². The Hall–Kier alpha value is -1.82. The Balaban J connectivity index is 2.27. The van der Waals surface area contributed by atoms with E-state index in [0.717, 1.165) is 11.3 Å². The second-order valence-corrected chi connectivity index (χ2v) is 5.32. The van der Waals surface area contributed by atoms with Gasteiger partial charge in [0.05, 0.1) is 17.2 Å². The number of fused-ring (bicyclic) bond motifs is 1. The fourth-order valence-electron chi connectivity index (χ4n) is 2.17. The Labute approximate surface area is 106 Å². The van der Waals surface area contributed by atoms with Gasteiger partial charge in [-0.15, -0.1) is 0 Å². The van der Waals surface area contributed by atoms with Crippen LogP contribution in [0.25, 0.3) is 10.3 Å². The largest absolute Gasteiger partial charge is 0.496 e. The van der Waals surface area contributed by atoms with Crippen molar-refractivity contribution in [3.05, 3.63) is 27.4 Å². The molecule has 5 nitrogen and oxygen atoms in total. The lowest BCUT2D eigenvalue weighted by atomic mass is 9.95. The number of carbonyl (C=O) groups is 1. The number of hydrogen-bond acceptors (Lipinski definition) is 5. The van der Waals surface area contributed by atoms with Gasteiger partial charge in [-0.3, -0.25) is 4.79 Å². The molecule has 0 aliphatic heterocycles. The Bertz CT molecular complexity index is 692. The average Bonchev–Trinajstić information content (AvgIpc) is 3.05. The third-order valence-corrected chi connectivity index (χ3v) is 4.12. The molecular formula is C12H10O5S. The van der Waals surface area contributed by atoms with E-state index in [1.165, 1.54) is 7.11 Å². The first-order chi connectivity index (χ1) is 8.56. The van der Waals surface area contributed by atoms with Crippen LogP contribution in [-0.2, 0) is 10.2 Å². The first kappa shape index (κ1) is 11.3. The molecule has 0 atom stereocenters. The molecule has 1 fully saturated rings. The van der Waals surface area contributed by atoms with Gasteiger partial charge in [0.15, 0.2) is 0 Å². The molecule has 94 valence electrons. The molecule has 2 aromatic rings. The van der Waals surface area contributed by atoms with Crippen molar-refractivity contribution in [2.45, 2.75) is 18.3 Å². The monoisotopic (exact) mass is 266 g/mol. The molecule has 0 spiro atoms. The van der Waals surface area contributed by atoms with Crippen molar-refractivity contribution in [3.63, 3.8) is 0 Å². The van der Waals surface area contributed by atoms with Crippen LogP contribution in [0.2, 0.25) is 0 Å². The van der Waals surface area contributed by atoms with E-state index in [0.29, 0.717) is 34.4 Å². The van der Waals surface area contributed by atoms with Crippen LogP contribution in [0.4, 0.5) is 0 Å². The molecule has 0 bridgehead atoms. The molecule has 1 aliphatic rings. The highest BCUT2D eigenvalue weighted by Gasteiger charge is 2.53. The number of carboxylic acids is 1. The molecule has 1 aliphatic carbocycles. The van der Waals surface area contributed by atoms with Crippen molar-refractivity contribution < 1.29 is 19.1 Å². The quantitative estimate of drug-likeness (QED) is 0.919. The fourth-order valence-corrected chi connectivity index (χ4v) is 2.85. The smallest absolute Gasteiger partial charge is 0.396 e. The molecule has 6 heteroatoms. The maximum Gasteiger partial charge on any atom is 0.396 e. The van der Waals surface area contributed by atoms with E-state index in [1.807, 2.05) is 0 Å². The topological polar surface area (TPSA) is 76.7 Å². The summed E-state index contributed by atoms with van der Waals surface area (Å²) in [5.41, 5.74) is 0.139. The third-order valence-electron chi connectivity index (χ3n) is 3.33. The minimum absolute atomic E-state index is 0.399. The zero-order valence-electron chi connectivity index (χ0n) is 9.56. The van der Waals surface area contributed by atoms with E-state index in [4.69, 9.17) is 9.15 Å². The summed E-state index contributed by atoms with van der Waals surface area (Å²) in [6.45, 7) is 0. The first-order valence-electron chi connectivity index (χ1n) is 5.42. The van der Waals surface area contributed by atoms with Crippen molar-refractivity contribution in [1.82, 2.24) is 0 Å². The molecule has 18 heavy (non-hydrogen) atoms. The number of rotatable bonds is 3. The van der Waals surface area contributed by atoms with Gasteiger partial charge in [-0.25, -0.2) is 4.79 Å². The van der Waals surface area contributed by atoms with Crippen LogP contribution in [-0.4, -0.2) is 18.2 Å². The van der Waals surface area contributed by atoms with Gasteiger partial charge in [-0.05, 0) is 18.9 Å².